The van der Waals surface area contributed by atoms with Crippen LogP contribution in [0.2, 0.25) is 5.02 Å². The highest BCUT2D eigenvalue weighted by atomic mass is 35.5. The number of carbonyl (C=O) groups excluding carboxylic acids is 1. The Morgan fingerprint density at radius 2 is 1.92 bits per heavy atom. The molecule has 1 amide bonds. The van der Waals surface area contributed by atoms with Gasteiger partial charge in [0, 0.05) is 17.3 Å². The molecule has 3 nitrogen and oxygen atoms in total. The van der Waals surface area contributed by atoms with Crippen LogP contribution < -0.4 is 5.32 Å². The van der Waals surface area contributed by atoms with Gasteiger partial charge < -0.3 is 5.32 Å². The number of anilines is 1. The molecule has 0 unspecified atom stereocenters. The van der Waals surface area contributed by atoms with Gasteiger partial charge in [0.05, 0.1) is 6.54 Å². The Morgan fingerprint density at radius 3 is 2.58 bits per heavy atom. The van der Waals surface area contributed by atoms with Gasteiger partial charge in [0.15, 0.2) is 0 Å². The number of nitrogens with zero attached hydrogens (tertiary/aromatic N) is 1. The van der Waals surface area contributed by atoms with Crippen molar-refractivity contribution in [3.63, 3.8) is 0 Å². The molecule has 0 aromatic heterocycles. The first kappa shape index (κ1) is 18.5. The number of amides is 1. The van der Waals surface area contributed by atoms with Gasteiger partial charge in [0.1, 0.15) is 0 Å². The van der Waals surface area contributed by atoms with E-state index in [-0.39, 0.29) is 5.91 Å². The number of aryl methyl sites for hydroxylation is 1. The molecule has 0 heterocycles. The molecule has 0 aliphatic heterocycles. The Bertz CT molecular complexity index is 713. The minimum absolute atomic E-state index is 0.00396. The van der Waals surface area contributed by atoms with Gasteiger partial charge in [-0.05, 0) is 48.7 Å². The fraction of sp³-hybridized carbons (Fsp3) is 0.350. The maximum absolute atomic E-state index is 12.4. The lowest BCUT2D eigenvalue weighted by atomic mass is 9.98. The highest BCUT2D eigenvalue weighted by Gasteiger charge is 2.13. The molecule has 24 heavy (non-hydrogen) atoms. The predicted octanol–water partition coefficient (Wildman–Crippen LogP) is 4.84. The maximum atomic E-state index is 12.4. The number of para-hydroxylation sites is 1. The van der Waals surface area contributed by atoms with Gasteiger partial charge in [-0.3, -0.25) is 9.69 Å². The van der Waals surface area contributed by atoms with E-state index in [9.17, 15) is 4.79 Å². The highest BCUT2D eigenvalue weighted by molar-refractivity contribution is 6.30. The Balaban J connectivity index is 2.01. The van der Waals surface area contributed by atoms with Gasteiger partial charge >= 0.3 is 0 Å². The summed E-state index contributed by atoms with van der Waals surface area (Å²) in [5, 5.41) is 3.80. The van der Waals surface area contributed by atoms with E-state index in [1.165, 1.54) is 5.56 Å². The van der Waals surface area contributed by atoms with Crippen molar-refractivity contribution in [2.24, 2.45) is 0 Å². The lowest BCUT2D eigenvalue weighted by Gasteiger charge is -2.19. The summed E-state index contributed by atoms with van der Waals surface area (Å²) in [5.41, 5.74) is 4.29. The SMILES string of the molecule is Cc1cccc(C(C)C)c1NC(=O)CN(C)Cc1cccc(Cl)c1. The molecule has 0 aliphatic carbocycles. The van der Waals surface area contributed by atoms with Gasteiger partial charge in [-0.2, -0.15) is 0 Å². The lowest BCUT2D eigenvalue weighted by molar-refractivity contribution is -0.117. The van der Waals surface area contributed by atoms with Crippen LogP contribution in [0.4, 0.5) is 5.69 Å². The monoisotopic (exact) mass is 344 g/mol. The fourth-order valence-electron chi connectivity index (χ4n) is 2.77. The molecule has 128 valence electrons. The number of halogens is 1. The van der Waals surface area contributed by atoms with Crippen LogP contribution in [-0.4, -0.2) is 24.4 Å². The minimum atomic E-state index is -0.00396. The van der Waals surface area contributed by atoms with Crippen molar-refractivity contribution in [2.45, 2.75) is 33.2 Å². The quantitative estimate of drug-likeness (QED) is 0.813. The molecular formula is C20H25ClN2O. The van der Waals surface area contributed by atoms with Crippen LogP contribution in [0.5, 0.6) is 0 Å². The summed E-state index contributed by atoms with van der Waals surface area (Å²) in [7, 11) is 1.93. The number of nitrogens with one attached hydrogen (secondary N) is 1. The summed E-state index contributed by atoms with van der Waals surface area (Å²) in [6.45, 7) is 7.31. The normalized spacial score (nSPS) is 11.1. The van der Waals surface area contributed by atoms with Gasteiger partial charge in [-0.25, -0.2) is 0 Å². The lowest BCUT2D eigenvalue weighted by Crippen LogP contribution is -2.30. The molecule has 1 N–H and O–H groups in total. The van der Waals surface area contributed by atoms with E-state index in [0.29, 0.717) is 24.0 Å². The molecule has 0 aliphatic rings. The van der Waals surface area contributed by atoms with Crippen molar-refractivity contribution < 1.29 is 4.79 Å². The molecule has 0 saturated carbocycles. The minimum Gasteiger partial charge on any atom is -0.324 e. The largest absolute Gasteiger partial charge is 0.324 e. The van der Waals surface area contributed by atoms with E-state index in [4.69, 9.17) is 11.6 Å². The third-order valence-electron chi connectivity index (χ3n) is 3.95. The van der Waals surface area contributed by atoms with E-state index in [1.807, 2.05) is 55.3 Å². The number of rotatable bonds is 6. The summed E-state index contributed by atoms with van der Waals surface area (Å²) < 4.78 is 0. The summed E-state index contributed by atoms with van der Waals surface area (Å²) >= 11 is 6.01. The average molecular weight is 345 g/mol. The zero-order chi connectivity index (χ0) is 17.7. The number of hydrogen-bond acceptors (Lipinski definition) is 2. The molecule has 2 rings (SSSR count). The van der Waals surface area contributed by atoms with Crippen LogP contribution >= 0.6 is 11.6 Å². The second-order valence-corrected chi connectivity index (χ2v) is 6.98. The van der Waals surface area contributed by atoms with E-state index in [1.54, 1.807) is 0 Å². The molecule has 2 aromatic rings. The van der Waals surface area contributed by atoms with E-state index in [0.717, 1.165) is 16.8 Å². The molecule has 0 spiro atoms. The third-order valence-corrected chi connectivity index (χ3v) is 4.18. The number of likely N-dealkylation sites (N-methyl/N-ethyl adjacent to an activating group) is 1. The molecule has 0 radical (unpaired) electrons. The Kier molecular flexibility index (Phi) is 6.41. The Labute approximate surface area is 149 Å². The van der Waals surface area contributed by atoms with Crippen LogP contribution in [-0.2, 0) is 11.3 Å². The maximum Gasteiger partial charge on any atom is 0.238 e. The van der Waals surface area contributed by atoms with Crippen molar-refractivity contribution in [1.82, 2.24) is 4.90 Å². The van der Waals surface area contributed by atoms with Crippen LogP contribution in [0.1, 0.15) is 36.5 Å². The second kappa shape index (κ2) is 8.32. The summed E-state index contributed by atoms with van der Waals surface area (Å²) in [5.74, 6) is 0.361. The Morgan fingerprint density at radius 1 is 1.21 bits per heavy atom. The zero-order valence-corrected chi connectivity index (χ0v) is 15.5. The van der Waals surface area contributed by atoms with Crippen LogP contribution in [0.3, 0.4) is 0 Å². The van der Waals surface area contributed by atoms with Crippen molar-refractivity contribution in [2.75, 3.05) is 18.9 Å². The van der Waals surface area contributed by atoms with E-state index >= 15 is 0 Å². The van der Waals surface area contributed by atoms with Crippen LogP contribution in [0, 0.1) is 6.92 Å². The summed E-state index contributed by atoms with van der Waals surface area (Å²) in [6, 6.07) is 13.8. The summed E-state index contributed by atoms with van der Waals surface area (Å²) in [6.07, 6.45) is 0. The average Bonchev–Trinajstić information content (AvgIpc) is 2.48. The Hall–Kier alpha value is -1.84. The number of benzene rings is 2. The number of carbonyl (C=O) groups is 1. The van der Waals surface area contributed by atoms with E-state index in [2.05, 4.69) is 25.2 Å². The molecule has 4 heteroatoms. The topological polar surface area (TPSA) is 32.3 Å². The molecular weight excluding hydrogens is 320 g/mol. The van der Waals surface area contributed by atoms with Crippen LogP contribution in [0.15, 0.2) is 42.5 Å². The smallest absolute Gasteiger partial charge is 0.238 e. The van der Waals surface area contributed by atoms with Crippen molar-refractivity contribution in [1.29, 1.82) is 0 Å². The number of hydrogen-bond donors (Lipinski definition) is 1. The molecule has 0 bridgehead atoms. The first-order chi connectivity index (χ1) is 11.4. The van der Waals surface area contributed by atoms with E-state index < -0.39 is 0 Å². The molecule has 0 fully saturated rings. The molecule has 0 saturated heterocycles. The zero-order valence-electron chi connectivity index (χ0n) is 14.8. The summed E-state index contributed by atoms with van der Waals surface area (Å²) in [4.78, 5) is 14.4. The van der Waals surface area contributed by atoms with Gasteiger partial charge in [0.2, 0.25) is 5.91 Å². The van der Waals surface area contributed by atoms with Crippen molar-refractivity contribution in [3.05, 3.63) is 64.2 Å². The standard InChI is InChI=1S/C20H25ClN2O/c1-14(2)18-10-5-7-15(3)20(18)22-19(24)13-23(4)12-16-8-6-9-17(21)11-16/h5-11,14H,12-13H2,1-4H3,(H,22,24). The van der Waals surface area contributed by atoms with Gasteiger partial charge in [0.25, 0.3) is 0 Å². The van der Waals surface area contributed by atoms with Crippen LogP contribution in [0.25, 0.3) is 0 Å². The first-order valence-corrected chi connectivity index (χ1v) is 8.57. The molecule has 2 aromatic carbocycles. The van der Waals surface area contributed by atoms with Gasteiger partial charge in [-0.15, -0.1) is 0 Å². The fourth-order valence-corrected chi connectivity index (χ4v) is 2.98. The van der Waals surface area contributed by atoms with Gasteiger partial charge in [-0.1, -0.05) is 55.8 Å². The molecule has 0 atom stereocenters. The van der Waals surface area contributed by atoms with Crippen molar-refractivity contribution >= 4 is 23.2 Å². The second-order valence-electron chi connectivity index (χ2n) is 6.54. The third kappa shape index (κ3) is 5.08. The predicted molar refractivity (Wildman–Crippen MR) is 102 cm³/mol. The van der Waals surface area contributed by atoms with Crippen molar-refractivity contribution in [3.8, 4) is 0 Å². The highest BCUT2D eigenvalue weighted by Crippen LogP contribution is 2.27. The first-order valence-electron chi connectivity index (χ1n) is 8.19.